The lowest BCUT2D eigenvalue weighted by Gasteiger charge is -2.22. The SMILES string of the molecule is CC(Oc1ccccc1-c1oc2[nH]ccc(=O)c2c1-c1ccccc1)N(C)C. The van der Waals surface area contributed by atoms with Crippen LogP contribution in [0.25, 0.3) is 33.6 Å². The van der Waals surface area contributed by atoms with Crippen LogP contribution in [0.1, 0.15) is 6.92 Å². The first-order valence-corrected chi connectivity index (χ1v) is 9.18. The van der Waals surface area contributed by atoms with Gasteiger partial charge in [-0.3, -0.25) is 9.69 Å². The maximum atomic E-state index is 12.7. The Hall–Kier alpha value is -3.31. The average Bonchev–Trinajstić information content (AvgIpc) is 3.09. The van der Waals surface area contributed by atoms with Gasteiger partial charge in [0.25, 0.3) is 0 Å². The highest BCUT2D eigenvalue weighted by atomic mass is 16.5. The van der Waals surface area contributed by atoms with Gasteiger partial charge in [0.2, 0.25) is 5.71 Å². The molecule has 0 radical (unpaired) electrons. The van der Waals surface area contributed by atoms with E-state index in [0.717, 1.165) is 16.7 Å². The molecule has 28 heavy (non-hydrogen) atoms. The van der Waals surface area contributed by atoms with Crippen molar-refractivity contribution in [3.63, 3.8) is 0 Å². The first-order valence-electron chi connectivity index (χ1n) is 9.18. The molecule has 2 aromatic heterocycles. The molecule has 0 aliphatic carbocycles. The van der Waals surface area contributed by atoms with E-state index in [4.69, 9.17) is 9.15 Å². The van der Waals surface area contributed by atoms with Crippen molar-refractivity contribution >= 4 is 11.1 Å². The number of aromatic nitrogens is 1. The second kappa shape index (κ2) is 7.37. The topological polar surface area (TPSA) is 58.5 Å². The van der Waals surface area contributed by atoms with E-state index in [0.29, 0.717) is 22.6 Å². The van der Waals surface area contributed by atoms with Gasteiger partial charge < -0.3 is 14.1 Å². The molecule has 2 aromatic carbocycles. The Bertz CT molecular complexity index is 1160. The van der Waals surface area contributed by atoms with Crippen LogP contribution in [-0.4, -0.2) is 30.2 Å². The van der Waals surface area contributed by atoms with E-state index < -0.39 is 0 Å². The van der Waals surface area contributed by atoms with Crippen LogP contribution in [0, 0.1) is 0 Å². The molecule has 1 atom stereocenters. The van der Waals surface area contributed by atoms with E-state index in [-0.39, 0.29) is 11.7 Å². The van der Waals surface area contributed by atoms with Gasteiger partial charge in [-0.2, -0.15) is 0 Å². The minimum atomic E-state index is -0.118. The third-order valence-electron chi connectivity index (χ3n) is 4.82. The molecule has 0 amide bonds. The molecular formula is C23H22N2O3. The van der Waals surface area contributed by atoms with Crippen molar-refractivity contribution in [2.45, 2.75) is 13.2 Å². The summed E-state index contributed by atoms with van der Waals surface area (Å²) in [4.78, 5) is 17.7. The van der Waals surface area contributed by atoms with Crippen molar-refractivity contribution in [3.05, 3.63) is 77.1 Å². The number of aromatic amines is 1. The van der Waals surface area contributed by atoms with Gasteiger partial charge in [0.15, 0.2) is 5.43 Å². The van der Waals surface area contributed by atoms with Crippen LogP contribution in [0.3, 0.4) is 0 Å². The number of nitrogens with zero attached hydrogens (tertiary/aromatic N) is 1. The number of H-pyrrole nitrogens is 1. The number of hydrogen-bond donors (Lipinski definition) is 1. The molecule has 0 spiro atoms. The molecule has 1 N–H and O–H groups in total. The van der Waals surface area contributed by atoms with Gasteiger partial charge in [-0.05, 0) is 38.7 Å². The fraction of sp³-hybridized carbons (Fsp3) is 0.174. The van der Waals surface area contributed by atoms with Crippen molar-refractivity contribution in [2.24, 2.45) is 0 Å². The Morgan fingerprint density at radius 2 is 1.71 bits per heavy atom. The number of benzene rings is 2. The number of hydrogen-bond acceptors (Lipinski definition) is 4. The Balaban J connectivity index is 1.99. The molecule has 0 saturated heterocycles. The number of nitrogens with one attached hydrogen (secondary N) is 1. The van der Waals surface area contributed by atoms with Crippen LogP contribution >= 0.6 is 0 Å². The van der Waals surface area contributed by atoms with Gasteiger partial charge in [-0.15, -0.1) is 0 Å². The lowest BCUT2D eigenvalue weighted by atomic mass is 9.98. The predicted molar refractivity (Wildman–Crippen MR) is 111 cm³/mol. The van der Waals surface area contributed by atoms with Gasteiger partial charge in [0, 0.05) is 17.8 Å². The number of pyridine rings is 1. The van der Waals surface area contributed by atoms with Crippen molar-refractivity contribution in [1.82, 2.24) is 9.88 Å². The monoisotopic (exact) mass is 374 g/mol. The lowest BCUT2D eigenvalue weighted by Crippen LogP contribution is -2.30. The minimum absolute atomic E-state index is 0.0809. The number of fused-ring (bicyclic) bond motifs is 1. The molecule has 1 unspecified atom stereocenters. The number of para-hydroxylation sites is 1. The summed E-state index contributed by atoms with van der Waals surface area (Å²) in [5.41, 5.74) is 2.87. The molecule has 4 rings (SSSR count). The fourth-order valence-corrected chi connectivity index (χ4v) is 3.16. The molecule has 5 heteroatoms. The van der Waals surface area contributed by atoms with Gasteiger partial charge in [-0.1, -0.05) is 42.5 Å². The van der Waals surface area contributed by atoms with Gasteiger partial charge in [-0.25, -0.2) is 0 Å². The molecule has 0 saturated carbocycles. The fourth-order valence-electron chi connectivity index (χ4n) is 3.16. The minimum Gasteiger partial charge on any atom is -0.475 e. The van der Waals surface area contributed by atoms with Gasteiger partial charge in [0.1, 0.15) is 17.7 Å². The summed E-state index contributed by atoms with van der Waals surface area (Å²) in [6.07, 6.45) is 1.48. The summed E-state index contributed by atoms with van der Waals surface area (Å²) in [5.74, 6) is 1.31. The highest BCUT2D eigenvalue weighted by molar-refractivity contribution is 6.00. The van der Waals surface area contributed by atoms with E-state index in [1.54, 1.807) is 6.20 Å². The Morgan fingerprint density at radius 3 is 2.46 bits per heavy atom. The lowest BCUT2D eigenvalue weighted by molar-refractivity contribution is 0.0820. The van der Waals surface area contributed by atoms with Crippen LogP contribution in [-0.2, 0) is 0 Å². The van der Waals surface area contributed by atoms with Crippen LogP contribution in [0.4, 0.5) is 0 Å². The molecule has 4 aromatic rings. The highest BCUT2D eigenvalue weighted by Crippen LogP contribution is 2.42. The maximum absolute atomic E-state index is 12.7. The molecular weight excluding hydrogens is 352 g/mol. The second-order valence-electron chi connectivity index (χ2n) is 6.90. The average molecular weight is 374 g/mol. The molecule has 2 heterocycles. The first kappa shape index (κ1) is 18.1. The summed E-state index contributed by atoms with van der Waals surface area (Å²) in [6.45, 7) is 1.98. The zero-order chi connectivity index (χ0) is 19.7. The van der Waals surface area contributed by atoms with Crippen LogP contribution < -0.4 is 10.2 Å². The smallest absolute Gasteiger partial charge is 0.209 e. The van der Waals surface area contributed by atoms with Crippen molar-refractivity contribution < 1.29 is 9.15 Å². The maximum Gasteiger partial charge on any atom is 0.209 e. The Kier molecular flexibility index (Phi) is 4.75. The zero-order valence-electron chi connectivity index (χ0n) is 16.1. The van der Waals surface area contributed by atoms with E-state index in [1.165, 1.54) is 6.07 Å². The normalized spacial score (nSPS) is 12.4. The zero-order valence-corrected chi connectivity index (χ0v) is 16.1. The molecule has 0 bridgehead atoms. The largest absolute Gasteiger partial charge is 0.475 e. The molecule has 0 aliphatic rings. The van der Waals surface area contributed by atoms with Crippen molar-refractivity contribution in [1.29, 1.82) is 0 Å². The summed E-state index contributed by atoms with van der Waals surface area (Å²) in [7, 11) is 3.92. The van der Waals surface area contributed by atoms with Crippen LogP contribution in [0.2, 0.25) is 0 Å². The molecule has 142 valence electrons. The second-order valence-corrected chi connectivity index (χ2v) is 6.90. The van der Waals surface area contributed by atoms with Gasteiger partial charge >= 0.3 is 0 Å². The Labute approximate surface area is 163 Å². The molecule has 0 fully saturated rings. The van der Waals surface area contributed by atoms with Crippen LogP contribution in [0.15, 0.2) is 76.1 Å². The highest BCUT2D eigenvalue weighted by Gasteiger charge is 2.23. The quantitative estimate of drug-likeness (QED) is 0.513. The Morgan fingerprint density at radius 1 is 1.00 bits per heavy atom. The van der Waals surface area contributed by atoms with E-state index in [2.05, 4.69) is 4.98 Å². The summed E-state index contributed by atoms with van der Waals surface area (Å²) in [6, 6.07) is 19.1. The van der Waals surface area contributed by atoms with E-state index in [9.17, 15) is 4.79 Å². The van der Waals surface area contributed by atoms with Gasteiger partial charge in [0.05, 0.1) is 10.9 Å². The summed E-state index contributed by atoms with van der Waals surface area (Å²) in [5, 5.41) is 0.541. The number of ether oxygens (including phenoxy) is 1. The third-order valence-corrected chi connectivity index (χ3v) is 4.82. The summed E-state index contributed by atoms with van der Waals surface area (Å²) >= 11 is 0. The molecule has 5 nitrogen and oxygen atoms in total. The van der Waals surface area contributed by atoms with E-state index >= 15 is 0 Å². The number of rotatable bonds is 5. The molecule has 0 aliphatic heterocycles. The predicted octanol–water partition coefficient (Wildman–Crippen LogP) is 4.74. The van der Waals surface area contributed by atoms with Crippen LogP contribution in [0.5, 0.6) is 5.75 Å². The first-order chi connectivity index (χ1) is 13.6. The third kappa shape index (κ3) is 3.21. The van der Waals surface area contributed by atoms with E-state index in [1.807, 2.05) is 80.5 Å². The number of furan rings is 1. The standard InChI is InChI=1S/C23H22N2O3/c1-15(25(2)3)27-19-12-8-7-11-17(19)22-20(16-9-5-4-6-10-16)21-18(26)13-14-24-23(21)28-22/h4-15H,1-3H3,(H,24,26). The van der Waals surface area contributed by atoms with Crippen molar-refractivity contribution in [2.75, 3.05) is 14.1 Å². The summed E-state index contributed by atoms with van der Waals surface area (Å²) < 4.78 is 12.3. The van der Waals surface area contributed by atoms with Crippen molar-refractivity contribution in [3.8, 4) is 28.2 Å².